The Labute approximate surface area is 257 Å². The minimum Gasteiger partial charge on any atom is -0.309 e. The molecule has 0 amide bonds. The normalized spacial score (nSPS) is 12.0. The van der Waals surface area contributed by atoms with E-state index < -0.39 is 0 Å². The van der Waals surface area contributed by atoms with E-state index in [2.05, 4.69) is 167 Å². The van der Waals surface area contributed by atoms with Crippen molar-refractivity contribution in [3.63, 3.8) is 0 Å². The van der Waals surface area contributed by atoms with Gasteiger partial charge in [0.25, 0.3) is 0 Å². The van der Waals surface area contributed by atoms with E-state index in [1.54, 1.807) is 0 Å². The number of nitrogens with zero attached hydrogens (tertiary/aromatic N) is 2. The van der Waals surface area contributed by atoms with E-state index in [-0.39, 0.29) is 0 Å². The van der Waals surface area contributed by atoms with Gasteiger partial charge in [0.1, 0.15) is 0 Å². The van der Waals surface area contributed by atoms with Crippen LogP contribution in [-0.4, -0.2) is 9.13 Å². The predicted octanol–water partition coefficient (Wildman–Crippen LogP) is 11.2. The zero-order chi connectivity index (χ0) is 29.9. The number of hydrogen-bond donors (Lipinski definition) is 0. The molecule has 0 saturated carbocycles. The first-order chi connectivity index (χ1) is 22.3. The van der Waals surface area contributed by atoms with Crippen LogP contribution in [0.15, 0.2) is 170 Å². The maximum Gasteiger partial charge on any atom is 0.0646 e. The molecule has 9 aromatic rings. The summed E-state index contributed by atoms with van der Waals surface area (Å²) in [5.41, 5.74) is 11.0. The highest BCUT2D eigenvalue weighted by Crippen LogP contribution is 2.43. The lowest BCUT2D eigenvalue weighted by molar-refractivity contribution is 1.17. The molecule has 7 aromatic carbocycles. The van der Waals surface area contributed by atoms with E-state index in [0.29, 0.717) is 6.04 Å². The summed E-state index contributed by atoms with van der Waals surface area (Å²) in [7, 11) is 0. The van der Waals surface area contributed by atoms with Gasteiger partial charge in [-0.1, -0.05) is 127 Å². The first kappa shape index (κ1) is 23.7. The van der Waals surface area contributed by atoms with Crippen LogP contribution in [0, 0.1) is 0 Å². The number of hydrogen-bond acceptors (Lipinski definition) is 0. The Morgan fingerprint density at radius 1 is 0.364 bits per heavy atom. The molecule has 0 unspecified atom stereocenters. The third-order valence-electron chi connectivity index (χ3n) is 8.84. The van der Waals surface area contributed by atoms with E-state index in [0.717, 1.165) is 49.8 Å². The van der Waals surface area contributed by atoms with Crippen LogP contribution in [0.4, 0.5) is 0 Å². The molecular weight excluding hydrogens is 532 g/mol. The fourth-order valence-electron chi connectivity index (χ4n) is 6.92. The van der Waals surface area contributed by atoms with Gasteiger partial charge in [0.15, 0.2) is 0 Å². The maximum absolute atomic E-state index is 9.56. The second-order valence-electron chi connectivity index (χ2n) is 11.3. The number of fused-ring (bicyclic) bond motifs is 7. The number of benzene rings is 7. The van der Waals surface area contributed by atoms with Gasteiger partial charge < -0.3 is 9.13 Å². The molecule has 2 aromatic heterocycles. The van der Waals surface area contributed by atoms with Gasteiger partial charge in [0.05, 0.1) is 29.1 Å². The summed E-state index contributed by atoms with van der Waals surface area (Å²) in [6.07, 6.45) is 0. The van der Waals surface area contributed by atoms with Crippen molar-refractivity contribution in [2.45, 2.75) is 0 Å². The van der Waals surface area contributed by atoms with Gasteiger partial charge in [0.2, 0.25) is 0 Å². The molecule has 0 aliphatic heterocycles. The van der Waals surface area contributed by atoms with Crippen molar-refractivity contribution in [3.05, 3.63) is 170 Å². The van der Waals surface area contributed by atoms with Crippen molar-refractivity contribution in [2.75, 3.05) is 0 Å². The molecular formula is C42H28N2. The quantitative estimate of drug-likeness (QED) is 0.202. The number of aromatic nitrogens is 2. The minimum atomic E-state index is 0.502. The molecule has 9 rings (SSSR count). The van der Waals surface area contributed by atoms with Crippen LogP contribution in [-0.2, 0) is 0 Å². The van der Waals surface area contributed by atoms with Gasteiger partial charge in [-0.25, -0.2) is 0 Å². The summed E-state index contributed by atoms with van der Waals surface area (Å²) in [5.74, 6) is 0. The lowest BCUT2D eigenvalue weighted by atomic mass is 10.0. The standard InChI is InChI=1S/C42H28N2/c1-3-13-29(14-4-1)30-23-25-32(26-24-30)43-37-21-11-8-18-34(37)41-39(43)27-28-40-42(41)35-19-9-12-22-38(35)44(40)36-20-10-7-17-33(36)31-15-5-2-6-16-31/h1-28H/i27D. The van der Waals surface area contributed by atoms with Crippen molar-refractivity contribution in [1.82, 2.24) is 9.13 Å². The van der Waals surface area contributed by atoms with E-state index in [4.69, 9.17) is 0 Å². The molecule has 0 bridgehead atoms. The largest absolute Gasteiger partial charge is 0.309 e. The molecule has 0 radical (unpaired) electrons. The number of para-hydroxylation sites is 3. The second kappa shape index (κ2) is 9.86. The maximum atomic E-state index is 9.56. The molecule has 0 saturated heterocycles. The van der Waals surface area contributed by atoms with Gasteiger partial charge in [0, 0.05) is 32.8 Å². The van der Waals surface area contributed by atoms with Crippen molar-refractivity contribution < 1.29 is 1.37 Å². The van der Waals surface area contributed by atoms with Crippen LogP contribution < -0.4 is 0 Å². The summed E-state index contributed by atoms with van der Waals surface area (Å²) >= 11 is 0. The molecule has 0 aliphatic carbocycles. The monoisotopic (exact) mass is 561 g/mol. The minimum absolute atomic E-state index is 0.502. The third-order valence-corrected chi connectivity index (χ3v) is 8.84. The second-order valence-corrected chi connectivity index (χ2v) is 11.3. The first-order valence-corrected chi connectivity index (χ1v) is 15.0. The van der Waals surface area contributed by atoms with Gasteiger partial charge in [-0.15, -0.1) is 0 Å². The van der Waals surface area contributed by atoms with Crippen LogP contribution in [0.3, 0.4) is 0 Å². The highest BCUT2D eigenvalue weighted by Gasteiger charge is 2.21. The average molecular weight is 562 g/mol. The molecule has 0 spiro atoms. The first-order valence-electron chi connectivity index (χ1n) is 15.5. The molecule has 44 heavy (non-hydrogen) atoms. The van der Waals surface area contributed by atoms with Gasteiger partial charge in [-0.05, 0) is 59.1 Å². The fraction of sp³-hybridized carbons (Fsp3) is 0. The van der Waals surface area contributed by atoms with Gasteiger partial charge in [-0.2, -0.15) is 0 Å². The zero-order valence-electron chi connectivity index (χ0n) is 25.0. The Kier molecular flexibility index (Phi) is 5.31. The van der Waals surface area contributed by atoms with E-state index in [1.165, 1.54) is 27.5 Å². The number of rotatable bonds is 4. The molecule has 206 valence electrons. The summed E-state index contributed by atoms with van der Waals surface area (Å²) < 4.78 is 14.2. The van der Waals surface area contributed by atoms with E-state index in [9.17, 15) is 1.37 Å². The van der Waals surface area contributed by atoms with Crippen LogP contribution in [0.2, 0.25) is 0 Å². The van der Waals surface area contributed by atoms with E-state index >= 15 is 0 Å². The SMILES string of the molecule is [2H]c1cc2c(c3ccccc3n2-c2ccccc2-c2ccccc2)c2c3ccccc3n(-c3ccc(-c4ccccc4)cc3)c12. The molecule has 2 nitrogen and oxygen atoms in total. The predicted molar refractivity (Wildman–Crippen MR) is 186 cm³/mol. The molecule has 0 fully saturated rings. The molecule has 0 atom stereocenters. The van der Waals surface area contributed by atoms with Crippen LogP contribution in [0.25, 0.3) is 77.2 Å². The third kappa shape index (κ3) is 3.68. The summed E-state index contributed by atoms with van der Waals surface area (Å²) in [4.78, 5) is 0. The van der Waals surface area contributed by atoms with E-state index in [1.807, 2.05) is 6.07 Å². The lowest BCUT2D eigenvalue weighted by Crippen LogP contribution is -1.97. The molecule has 2 heterocycles. The van der Waals surface area contributed by atoms with Crippen molar-refractivity contribution >= 4 is 43.6 Å². The summed E-state index contributed by atoms with van der Waals surface area (Å²) in [5, 5.41) is 4.63. The topological polar surface area (TPSA) is 9.86 Å². The Morgan fingerprint density at radius 3 is 1.59 bits per heavy atom. The van der Waals surface area contributed by atoms with Crippen molar-refractivity contribution in [1.29, 1.82) is 0 Å². The molecule has 0 aliphatic rings. The Balaban J connectivity index is 1.38. The van der Waals surface area contributed by atoms with Crippen molar-refractivity contribution in [3.8, 4) is 33.6 Å². The van der Waals surface area contributed by atoms with Gasteiger partial charge >= 0.3 is 0 Å². The van der Waals surface area contributed by atoms with Crippen LogP contribution in [0.1, 0.15) is 1.37 Å². The Morgan fingerprint density at radius 2 is 0.886 bits per heavy atom. The zero-order valence-corrected chi connectivity index (χ0v) is 24.0. The van der Waals surface area contributed by atoms with Gasteiger partial charge in [-0.3, -0.25) is 0 Å². The van der Waals surface area contributed by atoms with Crippen molar-refractivity contribution in [2.24, 2.45) is 0 Å². The molecule has 2 heteroatoms. The fourth-order valence-corrected chi connectivity index (χ4v) is 6.92. The van der Waals surface area contributed by atoms with Crippen LogP contribution in [0.5, 0.6) is 0 Å². The summed E-state index contributed by atoms with van der Waals surface area (Å²) in [6, 6.07) is 58.1. The molecule has 0 N–H and O–H groups in total. The highest BCUT2D eigenvalue weighted by atomic mass is 15.0. The van der Waals surface area contributed by atoms with Crippen LogP contribution >= 0.6 is 0 Å². The highest BCUT2D eigenvalue weighted by molar-refractivity contribution is 6.29. The average Bonchev–Trinajstić information content (AvgIpc) is 3.62. The summed E-state index contributed by atoms with van der Waals surface area (Å²) in [6.45, 7) is 0. The smallest absolute Gasteiger partial charge is 0.0646 e. The Bertz CT molecular complexity index is 2520. The lowest BCUT2D eigenvalue weighted by Gasteiger charge is -2.14. The Hall–Kier alpha value is -5.86.